The minimum Gasteiger partial charge on any atom is -0.467 e. The molecule has 2 aromatic carbocycles. The van der Waals surface area contributed by atoms with Gasteiger partial charge in [-0.05, 0) is 42.0 Å². The third kappa shape index (κ3) is 4.34. The minimum absolute atomic E-state index is 0.125. The van der Waals surface area contributed by atoms with Crippen LogP contribution in [0.15, 0.2) is 77.4 Å². The molecular formula is C20H17N3O2. The summed E-state index contributed by atoms with van der Waals surface area (Å²) in [6, 6.07) is 22.1. The Kier molecular flexibility index (Phi) is 5.25. The fourth-order valence-corrected chi connectivity index (χ4v) is 2.51. The van der Waals surface area contributed by atoms with Gasteiger partial charge in [0.15, 0.2) is 0 Å². The highest BCUT2D eigenvalue weighted by atomic mass is 16.3. The van der Waals surface area contributed by atoms with E-state index in [1.807, 2.05) is 48.5 Å². The first kappa shape index (κ1) is 16.5. The fourth-order valence-electron chi connectivity index (χ4n) is 2.51. The van der Waals surface area contributed by atoms with E-state index in [1.165, 1.54) is 0 Å². The smallest absolute Gasteiger partial charge is 0.238 e. The van der Waals surface area contributed by atoms with E-state index in [2.05, 4.69) is 10.6 Å². The van der Waals surface area contributed by atoms with Crippen molar-refractivity contribution in [1.29, 1.82) is 5.26 Å². The van der Waals surface area contributed by atoms with Crippen LogP contribution >= 0.6 is 0 Å². The number of furan rings is 1. The number of carbonyl (C=O) groups excluding carboxylic acids is 1. The van der Waals surface area contributed by atoms with E-state index in [4.69, 9.17) is 9.68 Å². The number of nitrogens with one attached hydrogen (secondary N) is 2. The molecule has 1 amide bonds. The van der Waals surface area contributed by atoms with Crippen molar-refractivity contribution in [1.82, 2.24) is 5.32 Å². The van der Waals surface area contributed by atoms with Crippen LogP contribution < -0.4 is 10.6 Å². The van der Waals surface area contributed by atoms with Gasteiger partial charge in [0.1, 0.15) is 5.76 Å². The molecule has 1 heterocycles. The van der Waals surface area contributed by atoms with Crippen LogP contribution in [0.5, 0.6) is 0 Å². The molecule has 0 bridgehead atoms. The summed E-state index contributed by atoms with van der Waals surface area (Å²) < 4.78 is 5.50. The summed E-state index contributed by atoms with van der Waals surface area (Å²) in [7, 11) is 0. The number of carbonyl (C=O) groups is 1. The Morgan fingerprint density at radius 1 is 1.04 bits per heavy atom. The van der Waals surface area contributed by atoms with Crippen LogP contribution in [0.2, 0.25) is 0 Å². The largest absolute Gasteiger partial charge is 0.467 e. The Balaban J connectivity index is 1.64. The quantitative estimate of drug-likeness (QED) is 0.725. The molecule has 0 saturated heterocycles. The van der Waals surface area contributed by atoms with Gasteiger partial charge in [-0.2, -0.15) is 5.26 Å². The number of hydrogen-bond acceptors (Lipinski definition) is 4. The molecule has 0 radical (unpaired) electrons. The molecule has 0 unspecified atom stereocenters. The number of nitrogens with zero attached hydrogens (tertiary/aromatic N) is 1. The van der Waals surface area contributed by atoms with Gasteiger partial charge < -0.3 is 9.73 Å². The van der Waals surface area contributed by atoms with Crippen LogP contribution in [0.1, 0.15) is 22.9 Å². The van der Waals surface area contributed by atoms with Crippen LogP contribution in [-0.2, 0) is 4.79 Å². The Hall–Kier alpha value is -3.36. The lowest BCUT2D eigenvalue weighted by Gasteiger charge is -2.17. The van der Waals surface area contributed by atoms with Gasteiger partial charge in [-0.1, -0.05) is 30.3 Å². The summed E-state index contributed by atoms with van der Waals surface area (Å²) in [4.78, 5) is 12.2. The number of hydrogen-bond donors (Lipinski definition) is 2. The third-order valence-corrected chi connectivity index (χ3v) is 3.73. The molecule has 1 atom stereocenters. The lowest BCUT2D eigenvalue weighted by molar-refractivity contribution is -0.115. The molecule has 0 aliphatic heterocycles. The number of rotatable bonds is 6. The number of nitriles is 1. The van der Waals surface area contributed by atoms with Crippen molar-refractivity contribution in [3.8, 4) is 6.07 Å². The molecule has 0 fully saturated rings. The van der Waals surface area contributed by atoms with Crippen molar-refractivity contribution in [2.24, 2.45) is 0 Å². The summed E-state index contributed by atoms with van der Waals surface area (Å²) in [5.74, 6) is 0.578. The summed E-state index contributed by atoms with van der Waals surface area (Å²) in [5.41, 5.74) is 2.22. The molecule has 0 aliphatic carbocycles. The molecule has 3 rings (SSSR count). The van der Waals surface area contributed by atoms with Crippen molar-refractivity contribution in [3.63, 3.8) is 0 Å². The van der Waals surface area contributed by atoms with Gasteiger partial charge in [-0.25, -0.2) is 0 Å². The normalized spacial score (nSPS) is 11.5. The lowest BCUT2D eigenvalue weighted by Crippen LogP contribution is -2.31. The van der Waals surface area contributed by atoms with Gasteiger partial charge in [0.05, 0.1) is 30.5 Å². The average Bonchev–Trinajstić information content (AvgIpc) is 3.18. The van der Waals surface area contributed by atoms with Crippen LogP contribution in [0, 0.1) is 11.3 Å². The van der Waals surface area contributed by atoms with Gasteiger partial charge in [0, 0.05) is 5.69 Å². The van der Waals surface area contributed by atoms with E-state index < -0.39 is 0 Å². The van der Waals surface area contributed by atoms with E-state index in [0.717, 1.165) is 11.3 Å². The van der Waals surface area contributed by atoms with Crippen LogP contribution in [0.4, 0.5) is 5.69 Å². The first-order chi connectivity index (χ1) is 12.3. The minimum atomic E-state index is -0.206. The first-order valence-corrected chi connectivity index (χ1v) is 7.88. The highest BCUT2D eigenvalue weighted by Crippen LogP contribution is 2.22. The molecule has 0 saturated carbocycles. The van der Waals surface area contributed by atoms with Crippen molar-refractivity contribution in [3.05, 3.63) is 89.9 Å². The molecule has 0 spiro atoms. The lowest BCUT2D eigenvalue weighted by atomic mass is 10.0. The highest BCUT2D eigenvalue weighted by Gasteiger charge is 2.17. The predicted octanol–water partition coefficient (Wildman–Crippen LogP) is 3.47. The monoisotopic (exact) mass is 331 g/mol. The van der Waals surface area contributed by atoms with Crippen LogP contribution in [-0.4, -0.2) is 12.5 Å². The van der Waals surface area contributed by atoms with Crippen molar-refractivity contribution in [2.75, 3.05) is 11.9 Å². The Bertz CT molecular complexity index is 850. The molecule has 1 aromatic heterocycles. The Morgan fingerprint density at radius 3 is 2.44 bits per heavy atom. The highest BCUT2D eigenvalue weighted by molar-refractivity contribution is 5.92. The number of amides is 1. The standard InChI is InChI=1S/C20H17N3O2/c21-13-15-8-10-17(11-9-15)23-19(24)14-22-20(18-7-4-12-25-18)16-5-2-1-3-6-16/h1-12,20,22H,14H2,(H,23,24)/t20-/m0/s1. The SMILES string of the molecule is N#Cc1ccc(NC(=O)CN[C@@H](c2ccccc2)c2ccco2)cc1. The van der Waals surface area contributed by atoms with Crippen molar-refractivity contribution < 1.29 is 9.21 Å². The molecule has 5 nitrogen and oxygen atoms in total. The third-order valence-electron chi connectivity index (χ3n) is 3.73. The van der Waals surface area contributed by atoms with E-state index in [1.54, 1.807) is 30.5 Å². The van der Waals surface area contributed by atoms with E-state index in [9.17, 15) is 4.79 Å². The maximum absolute atomic E-state index is 12.2. The molecule has 25 heavy (non-hydrogen) atoms. The van der Waals surface area contributed by atoms with E-state index in [0.29, 0.717) is 11.3 Å². The second-order valence-electron chi connectivity index (χ2n) is 5.48. The van der Waals surface area contributed by atoms with E-state index in [-0.39, 0.29) is 18.5 Å². The maximum atomic E-state index is 12.2. The second kappa shape index (κ2) is 7.95. The van der Waals surface area contributed by atoms with Crippen molar-refractivity contribution in [2.45, 2.75) is 6.04 Å². The Labute approximate surface area is 145 Å². The first-order valence-electron chi connectivity index (χ1n) is 7.88. The number of benzene rings is 2. The zero-order chi connectivity index (χ0) is 17.5. The maximum Gasteiger partial charge on any atom is 0.238 e. The number of anilines is 1. The van der Waals surface area contributed by atoms with Crippen LogP contribution in [0.25, 0.3) is 0 Å². The average molecular weight is 331 g/mol. The van der Waals surface area contributed by atoms with Gasteiger partial charge in [0.25, 0.3) is 0 Å². The molecule has 5 heteroatoms. The molecule has 3 aromatic rings. The summed E-state index contributed by atoms with van der Waals surface area (Å²) in [6.45, 7) is 0.125. The van der Waals surface area contributed by atoms with Gasteiger partial charge >= 0.3 is 0 Å². The summed E-state index contributed by atoms with van der Waals surface area (Å²) in [5, 5.41) is 14.8. The zero-order valence-electron chi connectivity index (χ0n) is 13.5. The molecular weight excluding hydrogens is 314 g/mol. The van der Waals surface area contributed by atoms with Crippen molar-refractivity contribution >= 4 is 11.6 Å². The van der Waals surface area contributed by atoms with Gasteiger partial charge in [-0.15, -0.1) is 0 Å². The topological polar surface area (TPSA) is 78.1 Å². The summed E-state index contributed by atoms with van der Waals surface area (Å²) >= 11 is 0. The summed E-state index contributed by atoms with van der Waals surface area (Å²) in [6.07, 6.45) is 1.61. The van der Waals surface area contributed by atoms with Crippen LogP contribution in [0.3, 0.4) is 0 Å². The predicted molar refractivity (Wildman–Crippen MR) is 94.8 cm³/mol. The molecule has 0 aliphatic rings. The van der Waals surface area contributed by atoms with E-state index >= 15 is 0 Å². The Morgan fingerprint density at radius 2 is 1.80 bits per heavy atom. The fraction of sp³-hybridized carbons (Fsp3) is 0.100. The van der Waals surface area contributed by atoms with Gasteiger partial charge in [0.2, 0.25) is 5.91 Å². The zero-order valence-corrected chi connectivity index (χ0v) is 13.5. The van der Waals surface area contributed by atoms with Gasteiger partial charge in [-0.3, -0.25) is 10.1 Å². The second-order valence-corrected chi connectivity index (χ2v) is 5.48. The molecule has 2 N–H and O–H groups in total. The molecule has 124 valence electrons.